The molecule has 116 valence electrons. The van der Waals surface area contributed by atoms with Crippen molar-refractivity contribution in [2.24, 2.45) is 0 Å². The zero-order chi connectivity index (χ0) is 16.3. The first-order valence-corrected chi connectivity index (χ1v) is 6.77. The zero-order valence-electron chi connectivity index (χ0n) is 11.8. The van der Waals surface area contributed by atoms with E-state index in [9.17, 15) is 13.2 Å². The first kappa shape index (κ1) is 15.0. The molecule has 3 nitrogen and oxygen atoms in total. The van der Waals surface area contributed by atoms with Crippen LogP contribution >= 0.6 is 0 Å². The molecule has 2 aromatic carbocycles. The van der Waals surface area contributed by atoms with Gasteiger partial charge in [-0.05, 0) is 24.3 Å². The van der Waals surface area contributed by atoms with E-state index in [0.717, 1.165) is 17.7 Å². The molecule has 0 aliphatic rings. The molecule has 1 aromatic heterocycles. The van der Waals surface area contributed by atoms with Crippen LogP contribution in [0, 0.1) is 0 Å². The van der Waals surface area contributed by atoms with Crippen molar-refractivity contribution < 1.29 is 17.9 Å². The van der Waals surface area contributed by atoms with Crippen LogP contribution in [-0.2, 0) is 6.18 Å². The highest BCUT2D eigenvalue weighted by molar-refractivity contribution is 5.58. The average molecular weight is 316 g/mol. The molecule has 0 unspecified atom stereocenters. The molecule has 0 aliphatic carbocycles. The summed E-state index contributed by atoms with van der Waals surface area (Å²) in [5, 5.41) is 7.91. The monoisotopic (exact) mass is 316 g/mol. The van der Waals surface area contributed by atoms with Gasteiger partial charge in [0.1, 0.15) is 5.75 Å². The third-order valence-corrected chi connectivity index (χ3v) is 3.09. The molecule has 23 heavy (non-hydrogen) atoms. The number of halogens is 3. The van der Waals surface area contributed by atoms with Crippen molar-refractivity contribution >= 4 is 0 Å². The predicted molar refractivity (Wildman–Crippen MR) is 79.0 cm³/mol. The summed E-state index contributed by atoms with van der Waals surface area (Å²) in [4.78, 5) is 0. The highest BCUT2D eigenvalue weighted by Crippen LogP contribution is 2.32. The van der Waals surface area contributed by atoms with Crippen molar-refractivity contribution in [1.82, 2.24) is 10.2 Å². The van der Waals surface area contributed by atoms with E-state index in [4.69, 9.17) is 4.74 Å². The van der Waals surface area contributed by atoms with Crippen LogP contribution in [0.1, 0.15) is 5.56 Å². The average Bonchev–Trinajstić information content (AvgIpc) is 2.56. The minimum Gasteiger partial charge on any atom is -0.438 e. The SMILES string of the molecule is FC(F)(F)c1cccc(Oc2ccc(-c3ccccc3)nn2)c1. The van der Waals surface area contributed by atoms with E-state index >= 15 is 0 Å². The Balaban J connectivity index is 1.79. The first-order valence-electron chi connectivity index (χ1n) is 6.77. The largest absolute Gasteiger partial charge is 0.438 e. The summed E-state index contributed by atoms with van der Waals surface area (Å²) in [5.74, 6) is 0.186. The van der Waals surface area contributed by atoms with Crippen molar-refractivity contribution in [1.29, 1.82) is 0 Å². The minimum atomic E-state index is -4.41. The Morgan fingerprint density at radius 2 is 1.57 bits per heavy atom. The molecule has 0 saturated carbocycles. The molecule has 0 radical (unpaired) electrons. The number of nitrogens with zero attached hydrogens (tertiary/aromatic N) is 2. The Morgan fingerprint density at radius 1 is 0.783 bits per heavy atom. The maximum Gasteiger partial charge on any atom is 0.416 e. The van der Waals surface area contributed by atoms with Gasteiger partial charge in [0, 0.05) is 11.6 Å². The lowest BCUT2D eigenvalue weighted by atomic mass is 10.1. The summed E-state index contributed by atoms with van der Waals surface area (Å²) in [7, 11) is 0. The zero-order valence-corrected chi connectivity index (χ0v) is 11.8. The van der Waals surface area contributed by atoms with Gasteiger partial charge in [0.05, 0.1) is 11.3 Å². The fourth-order valence-corrected chi connectivity index (χ4v) is 1.99. The number of ether oxygens (including phenoxy) is 1. The van der Waals surface area contributed by atoms with E-state index in [1.807, 2.05) is 30.3 Å². The van der Waals surface area contributed by atoms with Gasteiger partial charge in [0.2, 0.25) is 5.88 Å². The van der Waals surface area contributed by atoms with Crippen LogP contribution in [-0.4, -0.2) is 10.2 Å². The maximum atomic E-state index is 12.7. The number of aromatic nitrogens is 2. The molecule has 6 heteroatoms. The number of hydrogen-bond acceptors (Lipinski definition) is 3. The Labute approximate surface area is 130 Å². The molecule has 1 heterocycles. The third-order valence-electron chi connectivity index (χ3n) is 3.09. The fraction of sp³-hybridized carbons (Fsp3) is 0.0588. The van der Waals surface area contributed by atoms with Gasteiger partial charge in [-0.3, -0.25) is 0 Å². The summed E-state index contributed by atoms with van der Waals surface area (Å²) < 4.78 is 43.3. The molecule has 0 aliphatic heterocycles. The number of hydrogen-bond donors (Lipinski definition) is 0. The van der Waals surface area contributed by atoms with Crippen molar-refractivity contribution in [2.45, 2.75) is 6.18 Å². The van der Waals surface area contributed by atoms with Gasteiger partial charge in [-0.1, -0.05) is 36.4 Å². The van der Waals surface area contributed by atoms with Crippen molar-refractivity contribution in [3.8, 4) is 22.9 Å². The molecule has 0 amide bonds. The van der Waals surface area contributed by atoms with E-state index in [0.29, 0.717) is 5.69 Å². The molecule has 0 atom stereocenters. The molecule has 0 fully saturated rings. The Hall–Kier alpha value is -2.89. The summed E-state index contributed by atoms with van der Waals surface area (Å²) in [6.45, 7) is 0. The second kappa shape index (κ2) is 6.08. The Kier molecular flexibility index (Phi) is 3.97. The first-order chi connectivity index (χ1) is 11.0. The van der Waals surface area contributed by atoms with E-state index < -0.39 is 11.7 Å². The van der Waals surface area contributed by atoms with Crippen LogP contribution in [0.25, 0.3) is 11.3 Å². The van der Waals surface area contributed by atoms with Crippen LogP contribution in [0.2, 0.25) is 0 Å². The van der Waals surface area contributed by atoms with Gasteiger partial charge in [-0.15, -0.1) is 10.2 Å². The lowest BCUT2D eigenvalue weighted by Gasteiger charge is -2.09. The van der Waals surface area contributed by atoms with Gasteiger partial charge >= 0.3 is 6.18 Å². The fourth-order valence-electron chi connectivity index (χ4n) is 1.99. The van der Waals surface area contributed by atoms with E-state index in [2.05, 4.69) is 10.2 Å². The highest BCUT2D eigenvalue weighted by Gasteiger charge is 2.30. The van der Waals surface area contributed by atoms with Gasteiger partial charge < -0.3 is 4.74 Å². The summed E-state index contributed by atoms with van der Waals surface area (Å²) in [5.41, 5.74) is 0.775. The van der Waals surface area contributed by atoms with E-state index in [1.54, 1.807) is 12.1 Å². The predicted octanol–water partition coefficient (Wildman–Crippen LogP) is 4.95. The van der Waals surface area contributed by atoms with Gasteiger partial charge in [-0.25, -0.2) is 0 Å². The lowest BCUT2D eigenvalue weighted by Crippen LogP contribution is -2.04. The molecule has 0 saturated heterocycles. The normalized spacial score (nSPS) is 11.3. The van der Waals surface area contributed by atoms with Crippen LogP contribution in [0.15, 0.2) is 66.7 Å². The molecule has 0 N–H and O–H groups in total. The second-order valence-corrected chi connectivity index (χ2v) is 4.75. The van der Waals surface area contributed by atoms with E-state index in [1.165, 1.54) is 12.1 Å². The van der Waals surface area contributed by atoms with Crippen molar-refractivity contribution in [2.75, 3.05) is 0 Å². The van der Waals surface area contributed by atoms with Crippen LogP contribution in [0.5, 0.6) is 11.6 Å². The number of alkyl halides is 3. The lowest BCUT2D eigenvalue weighted by molar-refractivity contribution is -0.137. The van der Waals surface area contributed by atoms with Crippen molar-refractivity contribution in [3.63, 3.8) is 0 Å². The smallest absolute Gasteiger partial charge is 0.416 e. The summed E-state index contributed by atoms with van der Waals surface area (Å²) in [6, 6.07) is 17.3. The molecule has 0 bridgehead atoms. The summed E-state index contributed by atoms with van der Waals surface area (Å²) in [6.07, 6.45) is -4.41. The Morgan fingerprint density at radius 3 is 2.22 bits per heavy atom. The molecular formula is C17H11F3N2O. The van der Waals surface area contributed by atoms with Gasteiger partial charge in [-0.2, -0.15) is 13.2 Å². The third kappa shape index (κ3) is 3.66. The van der Waals surface area contributed by atoms with E-state index in [-0.39, 0.29) is 11.6 Å². The molecular weight excluding hydrogens is 305 g/mol. The van der Waals surface area contributed by atoms with Crippen LogP contribution in [0.3, 0.4) is 0 Å². The quantitative estimate of drug-likeness (QED) is 0.685. The van der Waals surface area contributed by atoms with Crippen LogP contribution in [0.4, 0.5) is 13.2 Å². The minimum absolute atomic E-state index is 0.0570. The van der Waals surface area contributed by atoms with Crippen LogP contribution < -0.4 is 4.74 Å². The second-order valence-electron chi connectivity index (χ2n) is 4.75. The maximum absolute atomic E-state index is 12.7. The van der Waals surface area contributed by atoms with Gasteiger partial charge in [0.15, 0.2) is 0 Å². The number of rotatable bonds is 3. The highest BCUT2D eigenvalue weighted by atomic mass is 19.4. The number of benzene rings is 2. The standard InChI is InChI=1S/C17H11F3N2O/c18-17(19,20)13-7-4-8-14(11-13)23-16-10-9-15(21-22-16)12-5-2-1-3-6-12/h1-11H. The van der Waals surface area contributed by atoms with Gasteiger partial charge in [0.25, 0.3) is 0 Å². The Bertz CT molecular complexity index is 787. The molecule has 3 aromatic rings. The molecule has 3 rings (SSSR count). The van der Waals surface area contributed by atoms with Crippen molar-refractivity contribution in [3.05, 3.63) is 72.3 Å². The summed E-state index contributed by atoms with van der Waals surface area (Å²) >= 11 is 0. The topological polar surface area (TPSA) is 35.0 Å². The molecule has 0 spiro atoms.